The third-order valence-electron chi connectivity index (χ3n) is 1.47. The Bertz CT molecular complexity index is 122. The van der Waals surface area contributed by atoms with E-state index in [0.29, 0.717) is 12.5 Å². The highest BCUT2D eigenvalue weighted by Gasteiger charge is 2.19. The molecule has 0 aromatic carbocycles. The highest BCUT2D eigenvalue weighted by molar-refractivity contribution is 5.77. The van der Waals surface area contributed by atoms with Gasteiger partial charge in [-0.2, -0.15) is 0 Å². The van der Waals surface area contributed by atoms with Crippen molar-refractivity contribution in [1.82, 2.24) is 10.4 Å². The van der Waals surface area contributed by atoms with Gasteiger partial charge in [0.1, 0.15) is 0 Å². The third kappa shape index (κ3) is 1.42. The smallest absolute Gasteiger partial charge is 0.235 e. The van der Waals surface area contributed by atoms with Gasteiger partial charge in [0, 0.05) is 19.0 Å². The minimum absolute atomic E-state index is 0.142. The molecular formula is C6H12N2O. The fourth-order valence-electron chi connectivity index (χ4n) is 0.881. The van der Waals surface area contributed by atoms with Gasteiger partial charge < -0.3 is 0 Å². The van der Waals surface area contributed by atoms with Crippen LogP contribution >= 0.6 is 0 Å². The Morgan fingerprint density at radius 1 is 1.67 bits per heavy atom. The summed E-state index contributed by atoms with van der Waals surface area (Å²) in [5, 5.41) is 1.95. The van der Waals surface area contributed by atoms with Gasteiger partial charge in [-0.25, -0.2) is 5.01 Å². The predicted molar refractivity (Wildman–Crippen MR) is 34.6 cm³/mol. The number of amides is 1. The average Bonchev–Trinajstić information content (AvgIpc) is 2.14. The van der Waals surface area contributed by atoms with E-state index in [9.17, 15) is 4.79 Å². The molecule has 1 saturated heterocycles. The largest absolute Gasteiger partial charge is 0.289 e. The van der Waals surface area contributed by atoms with Crippen molar-refractivity contribution < 1.29 is 4.79 Å². The molecule has 1 amide bonds. The number of hydrogen-bond acceptors (Lipinski definition) is 2. The number of nitrogens with zero attached hydrogens (tertiary/aromatic N) is 1. The van der Waals surface area contributed by atoms with E-state index < -0.39 is 0 Å². The van der Waals surface area contributed by atoms with E-state index in [0.717, 1.165) is 6.54 Å². The van der Waals surface area contributed by atoms with Gasteiger partial charge in [-0.1, -0.05) is 0 Å². The molecule has 1 rings (SSSR count). The molecule has 0 bridgehead atoms. The van der Waals surface area contributed by atoms with E-state index in [1.807, 2.05) is 5.01 Å². The van der Waals surface area contributed by atoms with Gasteiger partial charge >= 0.3 is 0 Å². The lowest BCUT2D eigenvalue weighted by molar-refractivity contribution is -0.121. The molecule has 52 valence electrons. The number of carbonyl (C=O) groups is 1. The van der Waals surface area contributed by atoms with Crippen molar-refractivity contribution in [2.24, 2.45) is 0 Å². The first-order valence-corrected chi connectivity index (χ1v) is 3.26. The van der Waals surface area contributed by atoms with Crippen LogP contribution in [0, 0.1) is 0 Å². The zero-order valence-electron chi connectivity index (χ0n) is 5.85. The van der Waals surface area contributed by atoms with Crippen LogP contribution in [0.15, 0.2) is 0 Å². The van der Waals surface area contributed by atoms with Crippen LogP contribution in [0.5, 0.6) is 0 Å². The molecule has 1 aliphatic heterocycles. The minimum Gasteiger partial charge on any atom is -0.289 e. The molecule has 3 heteroatoms. The second-order valence-electron chi connectivity index (χ2n) is 2.57. The van der Waals surface area contributed by atoms with Crippen molar-refractivity contribution >= 4 is 5.91 Å². The van der Waals surface area contributed by atoms with Gasteiger partial charge in [0.05, 0.1) is 0 Å². The lowest BCUT2D eigenvalue weighted by Crippen LogP contribution is -2.38. The molecule has 0 aromatic rings. The number of carbonyl (C=O) groups excluding carboxylic acids is 1. The van der Waals surface area contributed by atoms with Crippen LogP contribution < -0.4 is 5.43 Å². The summed E-state index contributed by atoms with van der Waals surface area (Å²) in [6.07, 6.45) is 0.651. The van der Waals surface area contributed by atoms with E-state index in [2.05, 4.69) is 19.3 Å². The fourth-order valence-corrected chi connectivity index (χ4v) is 0.881. The van der Waals surface area contributed by atoms with Crippen molar-refractivity contribution in [3.05, 3.63) is 0 Å². The van der Waals surface area contributed by atoms with E-state index in [4.69, 9.17) is 0 Å². The Hall–Kier alpha value is -0.570. The second kappa shape index (κ2) is 2.35. The van der Waals surface area contributed by atoms with Crippen LogP contribution in [-0.2, 0) is 4.79 Å². The molecule has 0 aromatic heterocycles. The van der Waals surface area contributed by atoms with Crippen molar-refractivity contribution in [3.63, 3.8) is 0 Å². The second-order valence-corrected chi connectivity index (χ2v) is 2.57. The molecule has 0 radical (unpaired) electrons. The first-order chi connectivity index (χ1) is 4.20. The summed E-state index contributed by atoms with van der Waals surface area (Å²) in [6.45, 7) is 4.98. The molecule has 0 saturated carbocycles. The van der Waals surface area contributed by atoms with Gasteiger partial charge in [0.25, 0.3) is 0 Å². The quantitative estimate of drug-likeness (QED) is 0.544. The topological polar surface area (TPSA) is 32.3 Å². The maximum absolute atomic E-state index is 10.6. The van der Waals surface area contributed by atoms with Gasteiger partial charge in [0.2, 0.25) is 5.91 Å². The number of nitrogens with one attached hydrogen (secondary N) is 1. The van der Waals surface area contributed by atoms with E-state index in [-0.39, 0.29) is 5.91 Å². The summed E-state index contributed by atoms with van der Waals surface area (Å²) in [7, 11) is 0. The Labute approximate surface area is 55.0 Å². The van der Waals surface area contributed by atoms with Crippen molar-refractivity contribution in [2.75, 3.05) is 6.54 Å². The molecule has 9 heavy (non-hydrogen) atoms. The normalized spacial score (nSPS) is 21.0. The zero-order chi connectivity index (χ0) is 6.85. The maximum atomic E-state index is 10.6. The van der Waals surface area contributed by atoms with E-state index in [1.165, 1.54) is 0 Å². The molecule has 0 spiro atoms. The van der Waals surface area contributed by atoms with Crippen LogP contribution in [0.4, 0.5) is 0 Å². The van der Waals surface area contributed by atoms with Crippen LogP contribution in [0.3, 0.4) is 0 Å². The number of hydrogen-bond donors (Lipinski definition) is 1. The lowest BCUT2D eigenvalue weighted by Gasteiger charge is -2.18. The first-order valence-electron chi connectivity index (χ1n) is 3.26. The van der Waals surface area contributed by atoms with Crippen LogP contribution in [0.25, 0.3) is 0 Å². The van der Waals surface area contributed by atoms with Crippen LogP contribution in [0.2, 0.25) is 0 Å². The monoisotopic (exact) mass is 128 g/mol. The molecule has 1 N–H and O–H groups in total. The van der Waals surface area contributed by atoms with Gasteiger partial charge in [-0.05, 0) is 13.8 Å². The summed E-state index contributed by atoms with van der Waals surface area (Å²) in [5.41, 5.74) is 2.75. The summed E-state index contributed by atoms with van der Waals surface area (Å²) in [5.74, 6) is 0.142. The summed E-state index contributed by atoms with van der Waals surface area (Å²) in [6, 6.07) is 0.427. The molecule has 1 heterocycles. The van der Waals surface area contributed by atoms with Crippen LogP contribution in [0.1, 0.15) is 20.3 Å². The van der Waals surface area contributed by atoms with E-state index >= 15 is 0 Å². The average molecular weight is 128 g/mol. The zero-order valence-corrected chi connectivity index (χ0v) is 5.85. The predicted octanol–water partition coefficient (Wildman–Crippen LogP) is 0.132. The van der Waals surface area contributed by atoms with Crippen molar-refractivity contribution in [3.8, 4) is 0 Å². The van der Waals surface area contributed by atoms with Crippen molar-refractivity contribution in [2.45, 2.75) is 26.3 Å². The molecule has 0 unspecified atom stereocenters. The van der Waals surface area contributed by atoms with Gasteiger partial charge in [0.15, 0.2) is 0 Å². The summed E-state index contributed by atoms with van der Waals surface area (Å²) in [4.78, 5) is 10.6. The van der Waals surface area contributed by atoms with Gasteiger partial charge in [-0.3, -0.25) is 10.2 Å². The highest BCUT2D eigenvalue weighted by atomic mass is 16.2. The highest BCUT2D eigenvalue weighted by Crippen LogP contribution is 2.01. The standard InChI is InChI=1S/C6H12N2O/c1-5(2)8-4-3-6(9)7-8/h5H,3-4H2,1-2H3,(H,7,9). The summed E-state index contributed by atoms with van der Waals surface area (Å²) >= 11 is 0. The lowest BCUT2D eigenvalue weighted by atomic mass is 10.4. The fraction of sp³-hybridized carbons (Fsp3) is 0.833. The Morgan fingerprint density at radius 2 is 2.33 bits per heavy atom. The minimum atomic E-state index is 0.142. The Balaban J connectivity index is 2.39. The maximum Gasteiger partial charge on any atom is 0.235 e. The molecule has 0 aliphatic carbocycles. The van der Waals surface area contributed by atoms with E-state index in [1.54, 1.807) is 0 Å². The SMILES string of the molecule is CC(C)N1CCC(=O)N1. The third-order valence-corrected chi connectivity index (χ3v) is 1.47. The first kappa shape index (κ1) is 6.55. The molecule has 3 nitrogen and oxygen atoms in total. The summed E-state index contributed by atoms with van der Waals surface area (Å²) < 4.78 is 0. The molecule has 1 aliphatic rings. The molecular weight excluding hydrogens is 116 g/mol. The van der Waals surface area contributed by atoms with Crippen molar-refractivity contribution in [1.29, 1.82) is 0 Å². The van der Waals surface area contributed by atoms with Crippen LogP contribution in [-0.4, -0.2) is 23.5 Å². The Kier molecular flexibility index (Phi) is 1.71. The molecule has 1 fully saturated rings. The van der Waals surface area contributed by atoms with Gasteiger partial charge in [-0.15, -0.1) is 0 Å². The number of rotatable bonds is 1. The Morgan fingerprint density at radius 3 is 2.56 bits per heavy atom. The number of hydrazine groups is 1. The molecule has 0 atom stereocenters.